The Balaban J connectivity index is 2.33. The summed E-state index contributed by atoms with van der Waals surface area (Å²) in [7, 11) is -0.963. The van der Waals surface area contributed by atoms with Crippen LogP contribution in [-0.4, -0.2) is 11.5 Å². The Morgan fingerprint density at radius 3 is 1.32 bits per heavy atom. The molecule has 1 heterocycles. The zero-order valence-corrected chi connectivity index (χ0v) is 18.3. The Hall–Kier alpha value is -1.21. The Bertz CT molecular complexity index is 749. The first-order valence-corrected chi connectivity index (χ1v) is 11.5. The molecule has 136 valence electrons. The summed E-state index contributed by atoms with van der Waals surface area (Å²) in [6.45, 7) is 18.6. The number of benzene rings is 2. The van der Waals surface area contributed by atoms with Gasteiger partial charge in [0, 0.05) is 9.79 Å². The SMILES string of the molecule is CC(C)S1(C)c2ccc(C(C)(C)C)cc2-c2cc(C(C)(C)C)ccc21. The Kier molecular flexibility index (Phi) is 4.19. The monoisotopic (exact) mass is 354 g/mol. The zero-order chi connectivity index (χ0) is 18.8. The smallest absolute Gasteiger partial charge is 0.00203 e. The average molecular weight is 355 g/mol. The third-order valence-electron chi connectivity index (χ3n) is 5.84. The molecule has 0 aliphatic carbocycles. The van der Waals surface area contributed by atoms with Crippen LogP contribution >= 0.6 is 10.0 Å². The highest BCUT2D eigenvalue weighted by Gasteiger charge is 2.38. The molecule has 1 aliphatic rings. The normalized spacial score (nSPS) is 17.4. The molecule has 1 aliphatic heterocycles. The molecule has 0 amide bonds. The number of fused-ring (bicyclic) bond motifs is 3. The van der Waals surface area contributed by atoms with Crippen molar-refractivity contribution < 1.29 is 0 Å². The number of rotatable bonds is 1. The Morgan fingerprint density at radius 1 is 0.680 bits per heavy atom. The van der Waals surface area contributed by atoms with Gasteiger partial charge in [-0.3, -0.25) is 0 Å². The molecule has 3 rings (SSSR count). The quantitative estimate of drug-likeness (QED) is 0.496. The summed E-state index contributed by atoms with van der Waals surface area (Å²) in [5.74, 6) is 0. The van der Waals surface area contributed by atoms with E-state index in [4.69, 9.17) is 0 Å². The second-order valence-electron chi connectivity index (χ2n) is 9.95. The van der Waals surface area contributed by atoms with Crippen molar-refractivity contribution in [3.8, 4) is 11.1 Å². The summed E-state index contributed by atoms with van der Waals surface area (Å²) in [6, 6.07) is 14.5. The van der Waals surface area contributed by atoms with Crippen molar-refractivity contribution in [2.45, 2.75) is 81.3 Å². The van der Waals surface area contributed by atoms with Gasteiger partial charge in [-0.05, 0) is 68.9 Å². The van der Waals surface area contributed by atoms with Gasteiger partial charge in [0.05, 0.1) is 0 Å². The van der Waals surface area contributed by atoms with Gasteiger partial charge in [-0.25, -0.2) is 0 Å². The van der Waals surface area contributed by atoms with Gasteiger partial charge in [-0.2, -0.15) is 10.0 Å². The standard InChI is InChI=1S/C24H34S/c1-16(2)25(9)21-12-10-17(23(3,4)5)14-19(21)20-15-18(24(6,7)8)11-13-22(20)25/h10-16H,1-9H3. The summed E-state index contributed by atoms with van der Waals surface area (Å²) in [6.07, 6.45) is 2.51. The molecular formula is C24H34S. The van der Waals surface area contributed by atoms with Crippen LogP contribution < -0.4 is 0 Å². The minimum atomic E-state index is -0.963. The molecule has 0 spiro atoms. The van der Waals surface area contributed by atoms with Crippen molar-refractivity contribution in [1.82, 2.24) is 0 Å². The Labute approximate surface area is 156 Å². The van der Waals surface area contributed by atoms with Crippen LogP contribution in [0.4, 0.5) is 0 Å². The lowest BCUT2D eigenvalue weighted by Gasteiger charge is -2.38. The number of hydrogen-bond acceptors (Lipinski definition) is 0. The first-order chi connectivity index (χ1) is 11.4. The highest BCUT2D eigenvalue weighted by molar-refractivity contribution is 8.34. The summed E-state index contributed by atoms with van der Waals surface area (Å²) >= 11 is 0. The van der Waals surface area contributed by atoms with Crippen LogP contribution in [0.5, 0.6) is 0 Å². The number of hydrogen-bond donors (Lipinski definition) is 0. The molecule has 0 nitrogen and oxygen atoms in total. The maximum absolute atomic E-state index is 2.51. The maximum Gasteiger partial charge on any atom is 0.00203 e. The fourth-order valence-corrected chi connectivity index (χ4v) is 6.99. The van der Waals surface area contributed by atoms with Crippen LogP contribution in [0, 0.1) is 0 Å². The minimum Gasteiger partial charge on any atom is -0.187 e. The first kappa shape index (κ1) is 18.6. The van der Waals surface area contributed by atoms with Crippen molar-refractivity contribution in [1.29, 1.82) is 0 Å². The van der Waals surface area contributed by atoms with Gasteiger partial charge in [0.2, 0.25) is 0 Å². The van der Waals surface area contributed by atoms with Crippen molar-refractivity contribution in [3.05, 3.63) is 47.5 Å². The third kappa shape index (κ3) is 2.85. The van der Waals surface area contributed by atoms with Gasteiger partial charge in [0.15, 0.2) is 0 Å². The van der Waals surface area contributed by atoms with Crippen molar-refractivity contribution in [2.24, 2.45) is 0 Å². The first-order valence-electron chi connectivity index (χ1n) is 9.43. The van der Waals surface area contributed by atoms with Crippen molar-refractivity contribution >= 4 is 10.0 Å². The van der Waals surface area contributed by atoms with Gasteiger partial charge in [0.25, 0.3) is 0 Å². The second-order valence-corrected chi connectivity index (χ2v) is 13.7. The molecule has 0 saturated heterocycles. The molecule has 0 saturated carbocycles. The lowest BCUT2D eigenvalue weighted by molar-refractivity contribution is 0.589. The molecule has 2 aromatic carbocycles. The van der Waals surface area contributed by atoms with Gasteiger partial charge in [-0.1, -0.05) is 67.5 Å². The molecule has 0 radical (unpaired) electrons. The topological polar surface area (TPSA) is 0 Å². The average Bonchev–Trinajstić information content (AvgIpc) is 2.76. The van der Waals surface area contributed by atoms with Crippen LogP contribution in [0.2, 0.25) is 0 Å². The van der Waals surface area contributed by atoms with E-state index in [9.17, 15) is 0 Å². The minimum absolute atomic E-state index is 0.184. The van der Waals surface area contributed by atoms with Crippen molar-refractivity contribution in [3.63, 3.8) is 0 Å². The maximum atomic E-state index is 2.51. The molecule has 0 N–H and O–H groups in total. The highest BCUT2D eigenvalue weighted by atomic mass is 32.3. The van der Waals surface area contributed by atoms with Crippen LogP contribution in [0.15, 0.2) is 46.2 Å². The van der Waals surface area contributed by atoms with Crippen LogP contribution in [0.1, 0.15) is 66.5 Å². The van der Waals surface area contributed by atoms with Gasteiger partial charge >= 0.3 is 0 Å². The lowest BCUT2D eigenvalue weighted by atomic mass is 9.83. The lowest BCUT2D eigenvalue weighted by Crippen LogP contribution is -2.12. The predicted octanol–water partition coefficient (Wildman–Crippen LogP) is 7.52. The van der Waals surface area contributed by atoms with Crippen LogP contribution in [0.3, 0.4) is 0 Å². The van der Waals surface area contributed by atoms with E-state index >= 15 is 0 Å². The van der Waals surface area contributed by atoms with E-state index in [-0.39, 0.29) is 10.8 Å². The largest absolute Gasteiger partial charge is 0.187 e. The summed E-state index contributed by atoms with van der Waals surface area (Å²) in [4.78, 5) is 3.16. The Morgan fingerprint density at radius 2 is 1.04 bits per heavy atom. The summed E-state index contributed by atoms with van der Waals surface area (Å²) in [5, 5.41) is 0.647. The second kappa shape index (κ2) is 5.64. The zero-order valence-electron chi connectivity index (χ0n) is 17.4. The summed E-state index contributed by atoms with van der Waals surface area (Å²) in [5.41, 5.74) is 6.21. The summed E-state index contributed by atoms with van der Waals surface area (Å²) < 4.78 is 0. The molecule has 0 aromatic heterocycles. The van der Waals surface area contributed by atoms with E-state index < -0.39 is 10.0 Å². The van der Waals surface area contributed by atoms with E-state index in [1.165, 1.54) is 22.3 Å². The van der Waals surface area contributed by atoms with Crippen LogP contribution in [0.25, 0.3) is 11.1 Å². The molecule has 0 fully saturated rings. The third-order valence-corrected chi connectivity index (χ3v) is 10.3. The molecule has 2 aromatic rings. The fraction of sp³-hybridized carbons (Fsp3) is 0.500. The highest BCUT2D eigenvalue weighted by Crippen LogP contribution is 2.72. The fourth-order valence-electron chi connectivity index (χ4n) is 3.78. The predicted molar refractivity (Wildman–Crippen MR) is 114 cm³/mol. The molecular weight excluding hydrogens is 320 g/mol. The van der Waals surface area contributed by atoms with Gasteiger partial charge in [-0.15, -0.1) is 0 Å². The van der Waals surface area contributed by atoms with E-state index in [0.717, 1.165) is 0 Å². The van der Waals surface area contributed by atoms with E-state index in [1.807, 2.05) is 0 Å². The molecule has 0 atom stereocenters. The van der Waals surface area contributed by atoms with Crippen molar-refractivity contribution in [2.75, 3.05) is 6.26 Å². The van der Waals surface area contributed by atoms with E-state index in [0.29, 0.717) is 5.25 Å². The molecule has 25 heavy (non-hydrogen) atoms. The molecule has 0 unspecified atom stereocenters. The van der Waals surface area contributed by atoms with Gasteiger partial charge < -0.3 is 0 Å². The molecule has 0 bridgehead atoms. The van der Waals surface area contributed by atoms with Crippen LogP contribution in [-0.2, 0) is 10.8 Å². The van der Waals surface area contributed by atoms with E-state index in [1.54, 1.807) is 9.79 Å². The van der Waals surface area contributed by atoms with Gasteiger partial charge in [0.1, 0.15) is 0 Å². The van der Waals surface area contributed by atoms with E-state index in [2.05, 4.69) is 98.0 Å². The molecule has 1 heteroatoms.